The minimum atomic E-state index is 0.703. The molecule has 18 heavy (non-hydrogen) atoms. The molecule has 1 saturated heterocycles. The van der Waals surface area contributed by atoms with E-state index in [1.165, 1.54) is 43.4 Å². The lowest BCUT2D eigenvalue weighted by Gasteiger charge is -2.21. The van der Waals surface area contributed by atoms with E-state index >= 15 is 0 Å². The van der Waals surface area contributed by atoms with Crippen LogP contribution in [0.25, 0.3) is 0 Å². The maximum Gasteiger partial charge on any atom is 0.0231 e. The van der Waals surface area contributed by atoms with E-state index in [4.69, 9.17) is 0 Å². The smallest absolute Gasteiger partial charge is 0.0231 e. The predicted molar refractivity (Wildman–Crippen MR) is 77.8 cm³/mol. The maximum atomic E-state index is 3.56. The van der Waals surface area contributed by atoms with Gasteiger partial charge in [0.1, 0.15) is 0 Å². The van der Waals surface area contributed by atoms with Crippen molar-refractivity contribution in [1.29, 1.82) is 0 Å². The highest BCUT2D eigenvalue weighted by molar-refractivity contribution is 5.22. The van der Waals surface area contributed by atoms with Gasteiger partial charge in [-0.3, -0.25) is 0 Å². The van der Waals surface area contributed by atoms with Crippen molar-refractivity contribution in [1.82, 2.24) is 10.2 Å². The summed E-state index contributed by atoms with van der Waals surface area (Å²) in [6.07, 6.45) is 5.10. The summed E-state index contributed by atoms with van der Waals surface area (Å²) in [5.74, 6) is 0. The number of hydrogen-bond acceptors (Lipinski definition) is 2. The Bertz CT molecular complexity index is 339. The van der Waals surface area contributed by atoms with E-state index in [9.17, 15) is 0 Å². The van der Waals surface area contributed by atoms with Gasteiger partial charge in [0.25, 0.3) is 0 Å². The van der Waals surface area contributed by atoms with Gasteiger partial charge in [-0.1, -0.05) is 37.6 Å². The average Bonchev–Trinajstić information content (AvgIpc) is 2.84. The van der Waals surface area contributed by atoms with Crippen LogP contribution in [0, 0.1) is 0 Å². The van der Waals surface area contributed by atoms with Crippen LogP contribution in [-0.4, -0.2) is 31.1 Å². The van der Waals surface area contributed by atoms with Gasteiger partial charge < -0.3 is 10.2 Å². The van der Waals surface area contributed by atoms with Crippen LogP contribution in [0.4, 0.5) is 0 Å². The van der Waals surface area contributed by atoms with E-state index in [2.05, 4.69) is 48.5 Å². The first kappa shape index (κ1) is 13.6. The van der Waals surface area contributed by atoms with Crippen LogP contribution >= 0.6 is 0 Å². The van der Waals surface area contributed by atoms with Gasteiger partial charge in [0.2, 0.25) is 0 Å². The van der Waals surface area contributed by atoms with Gasteiger partial charge >= 0.3 is 0 Å². The Morgan fingerprint density at radius 1 is 1.22 bits per heavy atom. The molecule has 100 valence electrons. The van der Waals surface area contributed by atoms with Crippen molar-refractivity contribution in [2.75, 3.05) is 20.1 Å². The number of aryl methyl sites for hydroxylation is 1. The Morgan fingerprint density at radius 2 is 1.94 bits per heavy atom. The molecule has 0 spiro atoms. The van der Waals surface area contributed by atoms with Crippen molar-refractivity contribution in [2.24, 2.45) is 0 Å². The first-order valence-corrected chi connectivity index (χ1v) is 7.27. The number of nitrogens with one attached hydrogen (secondary N) is 1. The van der Waals surface area contributed by atoms with Gasteiger partial charge in [0.15, 0.2) is 0 Å². The molecule has 1 heterocycles. The average molecular weight is 246 g/mol. The Hall–Kier alpha value is -0.860. The van der Waals surface area contributed by atoms with Crippen LogP contribution in [0.15, 0.2) is 24.3 Å². The lowest BCUT2D eigenvalue weighted by Crippen LogP contribution is -2.34. The molecule has 2 heteroatoms. The fourth-order valence-electron chi connectivity index (χ4n) is 2.77. The first-order valence-electron chi connectivity index (χ1n) is 7.27. The number of benzene rings is 1. The van der Waals surface area contributed by atoms with Crippen LogP contribution in [0.1, 0.15) is 37.3 Å². The highest BCUT2D eigenvalue weighted by Gasteiger charge is 2.15. The molecule has 1 aromatic rings. The van der Waals surface area contributed by atoms with Gasteiger partial charge in [-0.25, -0.2) is 0 Å². The molecule has 1 N–H and O–H groups in total. The van der Waals surface area contributed by atoms with Gasteiger partial charge in [0.05, 0.1) is 0 Å². The SMILES string of the molecule is CCCc1ccc(CN(C)CC2CCCN2)cc1. The van der Waals surface area contributed by atoms with E-state index < -0.39 is 0 Å². The standard InChI is InChI=1S/C16H26N2/c1-3-5-14-7-9-15(10-8-14)12-18(2)13-16-6-4-11-17-16/h7-10,16-17H,3-6,11-13H2,1-2H3. The molecule has 2 rings (SSSR count). The van der Waals surface area contributed by atoms with E-state index in [1.807, 2.05) is 0 Å². The molecular formula is C16H26N2. The Labute approximate surface area is 111 Å². The number of hydrogen-bond donors (Lipinski definition) is 1. The summed E-state index contributed by atoms with van der Waals surface area (Å²) in [6, 6.07) is 9.82. The zero-order chi connectivity index (χ0) is 12.8. The van der Waals surface area contributed by atoms with Crippen molar-refractivity contribution in [3.8, 4) is 0 Å². The van der Waals surface area contributed by atoms with Crippen molar-refractivity contribution in [3.63, 3.8) is 0 Å². The summed E-state index contributed by atoms with van der Waals surface area (Å²) < 4.78 is 0. The summed E-state index contributed by atoms with van der Waals surface area (Å²) in [4.78, 5) is 2.43. The third kappa shape index (κ3) is 4.11. The predicted octanol–water partition coefficient (Wildman–Crippen LogP) is 2.82. The summed E-state index contributed by atoms with van der Waals surface area (Å²) in [5.41, 5.74) is 2.89. The van der Waals surface area contributed by atoms with Crippen LogP contribution in [0.3, 0.4) is 0 Å². The first-order chi connectivity index (χ1) is 8.78. The third-order valence-corrected chi connectivity index (χ3v) is 3.71. The molecule has 1 aliphatic rings. The number of nitrogens with zero attached hydrogens (tertiary/aromatic N) is 1. The molecule has 1 aliphatic heterocycles. The van der Waals surface area contributed by atoms with Crippen molar-refractivity contribution in [2.45, 2.75) is 45.2 Å². The molecule has 0 saturated carbocycles. The largest absolute Gasteiger partial charge is 0.313 e. The van der Waals surface area contributed by atoms with Crippen molar-refractivity contribution in [3.05, 3.63) is 35.4 Å². The third-order valence-electron chi connectivity index (χ3n) is 3.71. The van der Waals surface area contributed by atoms with Crippen LogP contribution in [-0.2, 0) is 13.0 Å². The van der Waals surface area contributed by atoms with Crippen molar-refractivity contribution >= 4 is 0 Å². The van der Waals surface area contributed by atoms with Gasteiger partial charge in [-0.15, -0.1) is 0 Å². The molecule has 1 aromatic carbocycles. The van der Waals surface area contributed by atoms with Gasteiger partial charge in [-0.2, -0.15) is 0 Å². The minimum Gasteiger partial charge on any atom is -0.313 e. The van der Waals surface area contributed by atoms with Gasteiger partial charge in [-0.05, 0) is 44.0 Å². The molecule has 1 fully saturated rings. The fourth-order valence-corrected chi connectivity index (χ4v) is 2.77. The lowest BCUT2D eigenvalue weighted by molar-refractivity contribution is 0.293. The van der Waals surface area contributed by atoms with E-state index in [0.717, 1.165) is 13.1 Å². The van der Waals surface area contributed by atoms with Crippen LogP contribution in [0.2, 0.25) is 0 Å². The maximum absolute atomic E-state index is 3.56. The molecule has 0 amide bonds. The highest BCUT2D eigenvalue weighted by Crippen LogP contribution is 2.11. The molecule has 1 atom stereocenters. The van der Waals surface area contributed by atoms with E-state index in [0.29, 0.717) is 6.04 Å². The van der Waals surface area contributed by atoms with E-state index in [1.54, 1.807) is 0 Å². The molecular weight excluding hydrogens is 220 g/mol. The second-order valence-electron chi connectivity index (χ2n) is 5.56. The molecule has 0 aliphatic carbocycles. The van der Waals surface area contributed by atoms with Crippen LogP contribution in [0.5, 0.6) is 0 Å². The number of likely N-dealkylation sites (N-methyl/N-ethyl adjacent to an activating group) is 1. The molecule has 2 nitrogen and oxygen atoms in total. The zero-order valence-corrected chi connectivity index (χ0v) is 11.8. The Balaban J connectivity index is 1.80. The summed E-state index contributed by atoms with van der Waals surface area (Å²) in [7, 11) is 2.22. The molecule has 0 radical (unpaired) electrons. The molecule has 0 aromatic heterocycles. The Kier molecular flexibility index (Phi) is 5.21. The summed E-state index contributed by atoms with van der Waals surface area (Å²) >= 11 is 0. The summed E-state index contributed by atoms with van der Waals surface area (Å²) in [6.45, 7) is 5.65. The monoisotopic (exact) mass is 246 g/mol. The van der Waals surface area contributed by atoms with E-state index in [-0.39, 0.29) is 0 Å². The topological polar surface area (TPSA) is 15.3 Å². The Morgan fingerprint density at radius 3 is 2.56 bits per heavy atom. The second kappa shape index (κ2) is 6.91. The highest BCUT2D eigenvalue weighted by atomic mass is 15.1. The normalized spacial score (nSPS) is 19.6. The number of rotatable bonds is 6. The summed E-state index contributed by atoms with van der Waals surface area (Å²) in [5, 5.41) is 3.56. The van der Waals surface area contributed by atoms with Crippen molar-refractivity contribution < 1.29 is 0 Å². The zero-order valence-electron chi connectivity index (χ0n) is 11.8. The second-order valence-corrected chi connectivity index (χ2v) is 5.56. The quantitative estimate of drug-likeness (QED) is 0.830. The lowest BCUT2D eigenvalue weighted by atomic mass is 10.1. The van der Waals surface area contributed by atoms with Crippen LogP contribution < -0.4 is 5.32 Å². The molecule has 0 bridgehead atoms. The fraction of sp³-hybridized carbons (Fsp3) is 0.625. The van der Waals surface area contributed by atoms with Gasteiger partial charge in [0, 0.05) is 19.1 Å². The molecule has 1 unspecified atom stereocenters. The minimum absolute atomic E-state index is 0.703.